The van der Waals surface area contributed by atoms with E-state index in [-0.39, 0.29) is 5.91 Å². The number of carbonyl (C=O) groups excluding carboxylic acids is 1. The van der Waals surface area contributed by atoms with Gasteiger partial charge in [-0.15, -0.1) is 0 Å². The molecule has 2 rings (SSSR count). The van der Waals surface area contributed by atoms with Crippen LogP contribution >= 0.6 is 11.6 Å². The maximum atomic E-state index is 12.4. The van der Waals surface area contributed by atoms with Gasteiger partial charge in [-0.3, -0.25) is 4.79 Å². The van der Waals surface area contributed by atoms with Crippen molar-refractivity contribution < 1.29 is 4.79 Å². The fraction of sp³-hybridized carbons (Fsp3) is 0.188. The standard InChI is InChI=1S/C16H17ClN2O/c1-11-10-13(17)8-9-14(11)19-15(20)16(2,18)12-6-4-3-5-7-12/h3-10H,18H2,1-2H3,(H,19,20). The average molecular weight is 289 g/mol. The molecule has 0 bridgehead atoms. The van der Waals surface area contributed by atoms with Crippen molar-refractivity contribution in [3.63, 3.8) is 0 Å². The van der Waals surface area contributed by atoms with Gasteiger partial charge in [0.05, 0.1) is 0 Å². The molecule has 2 aromatic rings. The van der Waals surface area contributed by atoms with Crippen molar-refractivity contribution in [3.05, 3.63) is 64.7 Å². The Bertz CT molecular complexity index is 624. The molecule has 0 saturated heterocycles. The largest absolute Gasteiger partial charge is 0.324 e. The van der Waals surface area contributed by atoms with Gasteiger partial charge in [-0.1, -0.05) is 41.9 Å². The quantitative estimate of drug-likeness (QED) is 0.909. The maximum Gasteiger partial charge on any atom is 0.248 e. The number of amides is 1. The van der Waals surface area contributed by atoms with Gasteiger partial charge in [0.15, 0.2) is 0 Å². The Morgan fingerprint density at radius 3 is 2.45 bits per heavy atom. The summed E-state index contributed by atoms with van der Waals surface area (Å²) in [6.45, 7) is 3.58. The third-order valence-electron chi connectivity index (χ3n) is 3.28. The lowest BCUT2D eigenvalue weighted by molar-refractivity contribution is -0.120. The highest BCUT2D eigenvalue weighted by Crippen LogP contribution is 2.23. The molecule has 0 aliphatic carbocycles. The molecule has 0 fully saturated rings. The zero-order chi connectivity index (χ0) is 14.8. The highest BCUT2D eigenvalue weighted by molar-refractivity contribution is 6.30. The molecule has 0 heterocycles. The molecule has 4 heteroatoms. The third-order valence-corrected chi connectivity index (χ3v) is 3.52. The Morgan fingerprint density at radius 1 is 1.20 bits per heavy atom. The van der Waals surface area contributed by atoms with Crippen LogP contribution in [0.4, 0.5) is 5.69 Å². The van der Waals surface area contributed by atoms with E-state index in [9.17, 15) is 4.79 Å². The number of hydrogen-bond donors (Lipinski definition) is 2. The number of benzene rings is 2. The summed E-state index contributed by atoms with van der Waals surface area (Å²) >= 11 is 5.90. The topological polar surface area (TPSA) is 55.1 Å². The van der Waals surface area contributed by atoms with E-state index in [0.29, 0.717) is 10.7 Å². The van der Waals surface area contributed by atoms with Gasteiger partial charge in [0.25, 0.3) is 0 Å². The van der Waals surface area contributed by atoms with E-state index in [1.54, 1.807) is 25.1 Å². The Labute approximate surface area is 123 Å². The number of anilines is 1. The summed E-state index contributed by atoms with van der Waals surface area (Å²) in [5.74, 6) is -0.255. The predicted molar refractivity (Wildman–Crippen MR) is 82.8 cm³/mol. The van der Waals surface area contributed by atoms with Crippen LogP contribution in [0.1, 0.15) is 18.1 Å². The minimum Gasteiger partial charge on any atom is -0.324 e. The molecule has 20 heavy (non-hydrogen) atoms. The lowest BCUT2D eigenvalue weighted by Gasteiger charge is -2.24. The van der Waals surface area contributed by atoms with E-state index in [1.165, 1.54) is 0 Å². The fourth-order valence-electron chi connectivity index (χ4n) is 1.93. The van der Waals surface area contributed by atoms with Crippen molar-refractivity contribution in [2.24, 2.45) is 5.73 Å². The van der Waals surface area contributed by atoms with Crippen molar-refractivity contribution in [1.82, 2.24) is 0 Å². The van der Waals surface area contributed by atoms with E-state index in [0.717, 1.165) is 11.1 Å². The highest BCUT2D eigenvalue weighted by atomic mass is 35.5. The first-order valence-corrected chi connectivity index (χ1v) is 6.71. The molecule has 104 valence electrons. The zero-order valence-corrected chi connectivity index (χ0v) is 12.2. The fourth-order valence-corrected chi connectivity index (χ4v) is 2.16. The van der Waals surface area contributed by atoms with E-state index < -0.39 is 5.54 Å². The number of carbonyl (C=O) groups is 1. The van der Waals surface area contributed by atoms with Crippen LogP contribution in [0, 0.1) is 6.92 Å². The van der Waals surface area contributed by atoms with E-state index in [2.05, 4.69) is 5.32 Å². The van der Waals surface area contributed by atoms with Crippen molar-refractivity contribution in [1.29, 1.82) is 0 Å². The van der Waals surface area contributed by atoms with Gasteiger partial charge in [0, 0.05) is 10.7 Å². The summed E-state index contributed by atoms with van der Waals surface area (Å²) in [7, 11) is 0. The number of halogens is 1. The van der Waals surface area contributed by atoms with Crippen molar-refractivity contribution in [2.45, 2.75) is 19.4 Å². The van der Waals surface area contributed by atoms with Crippen molar-refractivity contribution in [3.8, 4) is 0 Å². The second-order valence-electron chi connectivity index (χ2n) is 4.98. The molecule has 0 aliphatic heterocycles. The van der Waals surface area contributed by atoms with Gasteiger partial charge in [-0.25, -0.2) is 0 Å². The lowest BCUT2D eigenvalue weighted by atomic mass is 9.92. The minimum atomic E-state index is -1.09. The molecule has 3 nitrogen and oxygen atoms in total. The molecule has 3 N–H and O–H groups in total. The molecule has 1 amide bonds. The minimum absolute atomic E-state index is 0.255. The molecular weight excluding hydrogens is 272 g/mol. The molecule has 0 radical (unpaired) electrons. The van der Waals surface area contributed by atoms with Crippen LogP contribution in [0.2, 0.25) is 5.02 Å². The van der Waals surface area contributed by atoms with Crippen LogP contribution in [0.15, 0.2) is 48.5 Å². The average Bonchev–Trinajstić information content (AvgIpc) is 2.42. The summed E-state index contributed by atoms with van der Waals surface area (Å²) in [4.78, 5) is 12.4. The first-order chi connectivity index (χ1) is 9.41. The Hall–Kier alpha value is -1.84. The molecule has 1 unspecified atom stereocenters. The van der Waals surface area contributed by atoms with E-state index in [1.807, 2.05) is 37.3 Å². The van der Waals surface area contributed by atoms with Crippen LogP contribution in [0.25, 0.3) is 0 Å². The number of nitrogens with one attached hydrogen (secondary N) is 1. The van der Waals surface area contributed by atoms with Crippen LogP contribution in [0.3, 0.4) is 0 Å². The van der Waals surface area contributed by atoms with E-state index >= 15 is 0 Å². The number of hydrogen-bond acceptors (Lipinski definition) is 2. The second kappa shape index (κ2) is 5.65. The summed E-state index contributed by atoms with van der Waals surface area (Å²) in [6.07, 6.45) is 0. The summed E-state index contributed by atoms with van der Waals surface area (Å²) < 4.78 is 0. The predicted octanol–water partition coefficient (Wildman–Crippen LogP) is 3.46. The second-order valence-corrected chi connectivity index (χ2v) is 5.42. The number of nitrogens with two attached hydrogens (primary N) is 1. The molecule has 1 atom stereocenters. The van der Waals surface area contributed by atoms with Gasteiger partial charge < -0.3 is 11.1 Å². The van der Waals surface area contributed by atoms with Gasteiger partial charge in [-0.05, 0) is 43.2 Å². The monoisotopic (exact) mass is 288 g/mol. The van der Waals surface area contributed by atoms with Crippen LogP contribution in [0.5, 0.6) is 0 Å². The summed E-state index contributed by atoms with van der Waals surface area (Å²) in [5.41, 5.74) is 7.46. The van der Waals surface area contributed by atoms with Crippen LogP contribution < -0.4 is 11.1 Å². The van der Waals surface area contributed by atoms with Crippen molar-refractivity contribution >= 4 is 23.2 Å². The third kappa shape index (κ3) is 3.00. The van der Waals surface area contributed by atoms with Gasteiger partial charge in [0.1, 0.15) is 5.54 Å². The Kier molecular flexibility index (Phi) is 4.12. The molecular formula is C16H17ClN2O. The SMILES string of the molecule is Cc1cc(Cl)ccc1NC(=O)C(C)(N)c1ccccc1. The first kappa shape index (κ1) is 14.6. The van der Waals surface area contributed by atoms with Gasteiger partial charge >= 0.3 is 0 Å². The Morgan fingerprint density at radius 2 is 1.85 bits per heavy atom. The molecule has 0 aromatic heterocycles. The maximum absolute atomic E-state index is 12.4. The van der Waals surface area contributed by atoms with Gasteiger partial charge in [0.2, 0.25) is 5.91 Å². The van der Waals surface area contributed by atoms with Crippen LogP contribution in [-0.2, 0) is 10.3 Å². The molecule has 0 spiro atoms. The molecule has 2 aromatic carbocycles. The molecule has 0 aliphatic rings. The first-order valence-electron chi connectivity index (χ1n) is 6.33. The number of aryl methyl sites for hydroxylation is 1. The zero-order valence-electron chi connectivity index (χ0n) is 11.5. The summed E-state index contributed by atoms with van der Waals surface area (Å²) in [6, 6.07) is 14.6. The van der Waals surface area contributed by atoms with E-state index in [4.69, 9.17) is 17.3 Å². The highest BCUT2D eigenvalue weighted by Gasteiger charge is 2.30. The lowest BCUT2D eigenvalue weighted by Crippen LogP contribution is -2.45. The number of rotatable bonds is 3. The normalized spacial score (nSPS) is 13.6. The molecule has 0 saturated carbocycles. The smallest absolute Gasteiger partial charge is 0.248 e. The van der Waals surface area contributed by atoms with Crippen LogP contribution in [-0.4, -0.2) is 5.91 Å². The van der Waals surface area contributed by atoms with Crippen molar-refractivity contribution in [2.75, 3.05) is 5.32 Å². The Balaban J connectivity index is 2.23. The van der Waals surface area contributed by atoms with Gasteiger partial charge in [-0.2, -0.15) is 0 Å². The summed E-state index contributed by atoms with van der Waals surface area (Å²) in [5, 5.41) is 3.49.